The van der Waals surface area contributed by atoms with Crippen LogP contribution in [0.25, 0.3) is 0 Å². The molecule has 0 radical (unpaired) electrons. The Labute approximate surface area is 106 Å². The summed E-state index contributed by atoms with van der Waals surface area (Å²) in [6.07, 6.45) is 1.15. The van der Waals surface area contributed by atoms with Crippen LogP contribution in [-0.2, 0) is 9.84 Å². The summed E-state index contributed by atoms with van der Waals surface area (Å²) in [4.78, 5) is 2.27. The molecule has 0 atom stereocenters. The van der Waals surface area contributed by atoms with Gasteiger partial charge in [0.05, 0.1) is 11.5 Å². The van der Waals surface area contributed by atoms with Crippen molar-refractivity contribution in [3.63, 3.8) is 0 Å². The molecule has 1 aliphatic rings. The molecule has 1 saturated heterocycles. The molecule has 4 nitrogen and oxygen atoms in total. The normalized spacial score (nSPS) is 21.6. The summed E-state index contributed by atoms with van der Waals surface area (Å²) >= 11 is 0. The van der Waals surface area contributed by atoms with E-state index in [1.165, 1.54) is 0 Å². The zero-order chi connectivity index (χ0) is 12.9. The fourth-order valence-corrected chi connectivity index (χ4v) is 3.45. The van der Waals surface area contributed by atoms with Crippen LogP contribution < -0.4 is 5.32 Å². The van der Waals surface area contributed by atoms with E-state index in [1.807, 2.05) is 0 Å². The third kappa shape index (κ3) is 5.84. The maximum Gasteiger partial charge on any atom is 0.152 e. The Morgan fingerprint density at radius 3 is 2.35 bits per heavy atom. The molecular weight excluding hydrogens is 236 g/mol. The highest BCUT2D eigenvalue weighted by Gasteiger charge is 2.26. The molecule has 0 bridgehead atoms. The van der Waals surface area contributed by atoms with Gasteiger partial charge in [0.15, 0.2) is 9.84 Å². The van der Waals surface area contributed by atoms with Crippen molar-refractivity contribution in [1.29, 1.82) is 0 Å². The number of hydrogen-bond donors (Lipinski definition) is 1. The highest BCUT2D eigenvalue weighted by Crippen LogP contribution is 2.17. The van der Waals surface area contributed by atoms with E-state index in [0.29, 0.717) is 24.6 Å². The van der Waals surface area contributed by atoms with E-state index in [0.717, 1.165) is 26.1 Å². The van der Waals surface area contributed by atoms with Crippen LogP contribution in [0.1, 0.15) is 27.2 Å². The van der Waals surface area contributed by atoms with Gasteiger partial charge in [-0.2, -0.15) is 0 Å². The first-order valence-corrected chi connectivity index (χ1v) is 8.30. The molecule has 0 unspecified atom stereocenters. The smallest absolute Gasteiger partial charge is 0.152 e. The monoisotopic (exact) mass is 262 g/mol. The summed E-state index contributed by atoms with van der Waals surface area (Å²) in [5.41, 5.74) is 0.205. The zero-order valence-corrected chi connectivity index (χ0v) is 12.1. The van der Waals surface area contributed by atoms with Crippen molar-refractivity contribution >= 4 is 9.84 Å². The zero-order valence-electron chi connectivity index (χ0n) is 11.3. The summed E-state index contributed by atoms with van der Waals surface area (Å²) < 4.78 is 22.7. The highest BCUT2D eigenvalue weighted by molar-refractivity contribution is 7.91. The molecule has 0 saturated carbocycles. The Bertz CT molecular complexity index is 311. The lowest BCUT2D eigenvalue weighted by Crippen LogP contribution is -2.47. The number of rotatable bonds is 6. The average Bonchev–Trinajstić information content (AvgIpc) is 2.21. The molecule has 0 aliphatic carbocycles. The van der Waals surface area contributed by atoms with Gasteiger partial charge in [0.25, 0.3) is 0 Å². The second-order valence-corrected chi connectivity index (χ2v) is 8.07. The molecule has 1 rings (SSSR count). The number of sulfone groups is 1. The molecule has 17 heavy (non-hydrogen) atoms. The van der Waals surface area contributed by atoms with Gasteiger partial charge in [-0.3, -0.25) is 0 Å². The van der Waals surface area contributed by atoms with Gasteiger partial charge in [-0.25, -0.2) is 8.42 Å². The first kappa shape index (κ1) is 14.9. The SMILES string of the molecule is CCCNCC(C)(C)CN1CCS(=O)(=O)CC1. The van der Waals surface area contributed by atoms with Crippen LogP contribution in [0.15, 0.2) is 0 Å². The summed E-state index contributed by atoms with van der Waals surface area (Å²) in [5.74, 6) is 0.650. The van der Waals surface area contributed by atoms with E-state index < -0.39 is 9.84 Å². The van der Waals surface area contributed by atoms with Crippen LogP contribution in [0.5, 0.6) is 0 Å². The summed E-state index contributed by atoms with van der Waals surface area (Å²) in [5, 5.41) is 3.44. The summed E-state index contributed by atoms with van der Waals surface area (Å²) in [6, 6.07) is 0. The Balaban J connectivity index is 2.33. The van der Waals surface area contributed by atoms with Gasteiger partial charge in [-0.05, 0) is 18.4 Å². The minimum Gasteiger partial charge on any atom is -0.316 e. The number of nitrogens with one attached hydrogen (secondary N) is 1. The standard InChI is InChI=1S/C12H26N2O2S/c1-4-5-13-10-12(2,3)11-14-6-8-17(15,16)9-7-14/h13H,4-11H2,1-3H3. The molecule has 5 heteroatoms. The van der Waals surface area contributed by atoms with Gasteiger partial charge >= 0.3 is 0 Å². The molecule has 1 aliphatic heterocycles. The molecule has 0 amide bonds. The first-order chi connectivity index (χ1) is 7.85. The van der Waals surface area contributed by atoms with Crippen molar-refractivity contribution in [2.24, 2.45) is 5.41 Å². The molecule has 1 N–H and O–H groups in total. The summed E-state index contributed by atoms with van der Waals surface area (Å²) in [7, 11) is -2.75. The number of nitrogens with zero attached hydrogens (tertiary/aromatic N) is 1. The van der Waals surface area contributed by atoms with E-state index in [2.05, 4.69) is 31.0 Å². The minimum atomic E-state index is -2.75. The quantitative estimate of drug-likeness (QED) is 0.718. The lowest BCUT2D eigenvalue weighted by Gasteiger charge is -2.35. The van der Waals surface area contributed by atoms with Crippen molar-refractivity contribution < 1.29 is 8.42 Å². The minimum absolute atomic E-state index is 0.205. The topological polar surface area (TPSA) is 49.4 Å². The van der Waals surface area contributed by atoms with Crippen LogP contribution in [0, 0.1) is 5.41 Å². The molecule has 1 heterocycles. The van der Waals surface area contributed by atoms with Crippen LogP contribution in [0.2, 0.25) is 0 Å². The molecule has 102 valence electrons. The van der Waals surface area contributed by atoms with Gasteiger partial charge in [0.2, 0.25) is 0 Å². The van der Waals surface area contributed by atoms with Gasteiger partial charge in [0, 0.05) is 26.2 Å². The third-order valence-electron chi connectivity index (χ3n) is 3.12. The highest BCUT2D eigenvalue weighted by atomic mass is 32.2. The molecule has 1 fully saturated rings. The molecular formula is C12H26N2O2S. The van der Waals surface area contributed by atoms with Crippen molar-refractivity contribution in [3.8, 4) is 0 Å². The molecule has 0 spiro atoms. The Morgan fingerprint density at radius 1 is 1.24 bits per heavy atom. The van der Waals surface area contributed by atoms with Gasteiger partial charge < -0.3 is 10.2 Å². The van der Waals surface area contributed by atoms with Crippen molar-refractivity contribution in [2.75, 3.05) is 44.2 Å². The van der Waals surface area contributed by atoms with Crippen molar-refractivity contribution in [1.82, 2.24) is 10.2 Å². The largest absolute Gasteiger partial charge is 0.316 e. The average molecular weight is 262 g/mol. The number of hydrogen-bond acceptors (Lipinski definition) is 4. The van der Waals surface area contributed by atoms with Crippen LogP contribution >= 0.6 is 0 Å². The van der Waals surface area contributed by atoms with E-state index in [-0.39, 0.29) is 5.41 Å². The van der Waals surface area contributed by atoms with Gasteiger partial charge in [-0.15, -0.1) is 0 Å². The van der Waals surface area contributed by atoms with Crippen LogP contribution in [-0.4, -0.2) is 57.5 Å². The predicted molar refractivity (Wildman–Crippen MR) is 72.0 cm³/mol. The molecule has 0 aromatic rings. The predicted octanol–water partition coefficient (Wildman–Crippen LogP) is 0.743. The maximum atomic E-state index is 11.3. The first-order valence-electron chi connectivity index (χ1n) is 6.48. The van der Waals surface area contributed by atoms with E-state index in [9.17, 15) is 8.42 Å². The third-order valence-corrected chi connectivity index (χ3v) is 4.73. The van der Waals surface area contributed by atoms with E-state index in [4.69, 9.17) is 0 Å². The van der Waals surface area contributed by atoms with Gasteiger partial charge in [0.1, 0.15) is 0 Å². The molecule has 0 aromatic heterocycles. The second-order valence-electron chi connectivity index (χ2n) is 5.77. The molecule has 0 aromatic carbocycles. The second kappa shape index (κ2) is 6.16. The van der Waals surface area contributed by atoms with Gasteiger partial charge in [-0.1, -0.05) is 20.8 Å². The van der Waals surface area contributed by atoms with Crippen LogP contribution in [0.3, 0.4) is 0 Å². The fourth-order valence-electron chi connectivity index (χ4n) is 2.17. The Hall–Kier alpha value is -0.130. The fraction of sp³-hybridized carbons (Fsp3) is 1.00. The van der Waals surface area contributed by atoms with E-state index >= 15 is 0 Å². The Kier molecular flexibility index (Phi) is 5.41. The summed E-state index contributed by atoms with van der Waals surface area (Å²) in [6.45, 7) is 11.0. The lowest BCUT2D eigenvalue weighted by molar-refractivity contribution is 0.185. The van der Waals surface area contributed by atoms with Crippen LogP contribution in [0.4, 0.5) is 0 Å². The Morgan fingerprint density at radius 2 is 1.82 bits per heavy atom. The maximum absolute atomic E-state index is 11.3. The van der Waals surface area contributed by atoms with Crippen molar-refractivity contribution in [3.05, 3.63) is 0 Å². The lowest BCUT2D eigenvalue weighted by atomic mass is 9.92. The van der Waals surface area contributed by atoms with E-state index in [1.54, 1.807) is 0 Å². The van der Waals surface area contributed by atoms with Crippen molar-refractivity contribution in [2.45, 2.75) is 27.2 Å².